The molecule has 1 saturated carbocycles. The van der Waals surface area contributed by atoms with Crippen LogP contribution in [0.15, 0.2) is 0 Å². The highest BCUT2D eigenvalue weighted by Crippen LogP contribution is 2.36. The van der Waals surface area contributed by atoms with Gasteiger partial charge in [0.05, 0.1) is 0 Å². The molecule has 0 spiro atoms. The quantitative estimate of drug-likeness (QED) is 0.681. The maximum atomic E-state index is 11.3. The predicted octanol–water partition coefficient (Wildman–Crippen LogP) is 0.886. The third kappa shape index (κ3) is 4.27. The molecule has 2 atom stereocenters. The summed E-state index contributed by atoms with van der Waals surface area (Å²) in [6.45, 7) is 6.78. The van der Waals surface area contributed by atoms with Crippen LogP contribution in [0.1, 0.15) is 33.6 Å². The summed E-state index contributed by atoms with van der Waals surface area (Å²) < 4.78 is 0. The van der Waals surface area contributed by atoms with Gasteiger partial charge in [-0.2, -0.15) is 0 Å². The van der Waals surface area contributed by atoms with E-state index >= 15 is 0 Å². The Labute approximate surface area is 80.1 Å². The molecule has 0 bridgehead atoms. The van der Waals surface area contributed by atoms with E-state index in [2.05, 4.69) is 12.2 Å². The average molecular weight is 184 g/mol. The van der Waals surface area contributed by atoms with E-state index in [1.807, 2.05) is 13.8 Å². The average Bonchev–Trinajstić information content (AvgIpc) is 2.58. The highest BCUT2D eigenvalue weighted by atomic mass is 16.1. The van der Waals surface area contributed by atoms with E-state index in [-0.39, 0.29) is 11.4 Å². The number of hydrogen-bond acceptors (Lipinski definition) is 2. The largest absolute Gasteiger partial charge is 0.356 e. The highest BCUT2D eigenvalue weighted by Gasteiger charge is 2.32. The van der Waals surface area contributed by atoms with Gasteiger partial charge in [-0.25, -0.2) is 0 Å². The fourth-order valence-corrected chi connectivity index (χ4v) is 1.40. The molecule has 0 aliphatic heterocycles. The SMILES string of the molecule is CC1CC1CNC(=O)CC(C)(C)N. The fourth-order valence-electron chi connectivity index (χ4n) is 1.40. The maximum absolute atomic E-state index is 11.3. The van der Waals surface area contributed by atoms with Crippen molar-refractivity contribution < 1.29 is 4.79 Å². The molecule has 0 saturated heterocycles. The molecule has 3 nitrogen and oxygen atoms in total. The normalized spacial score (nSPS) is 27.1. The van der Waals surface area contributed by atoms with E-state index in [4.69, 9.17) is 5.73 Å². The lowest BCUT2D eigenvalue weighted by Crippen LogP contribution is -2.39. The Morgan fingerprint density at radius 2 is 2.15 bits per heavy atom. The summed E-state index contributed by atoms with van der Waals surface area (Å²) in [7, 11) is 0. The minimum absolute atomic E-state index is 0.0756. The molecule has 2 unspecified atom stereocenters. The minimum Gasteiger partial charge on any atom is -0.356 e. The molecule has 3 heteroatoms. The molecule has 0 heterocycles. The zero-order chi connectivity index (χ0) is 10.1. The summed E-state index contributed by atoms with van der Waals surface area (Å²) in [6, 6.07) is 0. The molecule has 0 radical (unpaired) electrons. The first-order valence-corrected chi connectivity index (χ1v) is 4.94. The second-order valence-electron chi connectivity index (χ2n) is 4.94. The number of amides is 1. The topological polar surface area (TPSA) is 55.1 Å². The van der Waals surface area contributed by atoms with Crippen LogP contribution in [0.5, 0.6) is 0 Å². The standard InChI is InChI=1S/C10H20N2O/c1-7-4-8(7)6-12-9(13)5-10(2,3)11/h7-8H,4-6,11H2,1-3H3,(H,12,13). The molecule has 0 aromatic heterocycles. The zero-order valence-corrected chi connectivity index (χ0v) is 8.76. The first kappa shape index (κ1) is 10.5. The van der Waals surface area contributed by atoms with E-state index in [1.165, 1.54) is 6.42 Å². The molecular formula is C10H20N2O. The molecule has 0 aromatic rings. The van der Waals surface area contributed by atoms with Crippen LogP contribution in [-0.4, -0.2) is 18.0 Å². The van der Waals surface area contributed by atoms with Gasteiger partial charge in [-0.3, -0.25) is 4.79 Å². The fraction of sp³-hybridized carbons (Fsp3) is 0.900. The van der Waals surface area contributed by atoms with Crippen LogP contribution < -0.4 is 11.1 Å². The Bertz CT molecular complexity index is 196. The first-order chi connectivity index (χ1) is 5.88. The summed E-state index contributed by atoms with van der Waals surface area (Å²) in [5.41, 5.74) is 5.34. The van der Waals surface area contributed by atoms with Crippen LogP contribution in [0.4, 0.5) is 0 Å². The van der Waals surface area contributed by atoms with E-state index in [0.29, 0.717) is 12.3 Å². The number of carbonyl (C=O) groups is 1. The van der Waals surface area contributed by atoms with Crippen LogP contribution in [0.25, 0.3) is 0 Å². The van der Waals surface area contributed by atoms with Crippen LogP contribution in [0, 0.1) is 11.8 Å². The second-order valence-corrected chi connectivity index (χ2v) is 4.94. The van der Waals surface area contributed by atoms with Crippen LogP contribution >= 0.6 is 0 Å². The molecule has 1 rings (SSSR count). The summed E-state index contributed by atoms with van der Waals surface area (Å²) in [5, 5.41) is 2.91. The Morgan fingerprint density at radius 1 is 1.62 bits per heavy atom. The van der Waals surface area contributed by atoms with E-state index in [9.17, 15) is 4.79 Å². The summed E-state index contributed by atoms with van der Waals surface area (Å²) >= 11 is 0. The molecular weight excluding hydrogens is 164 g/mol. The van der Waals surface area contributed by atoms with Crippen molar-refractivity contribution in [3.05, 3.63) is 0 Å². The van der Waals surface area contributed by atoms with Gasteiger partial charge in [-0.05, 0) is 32.1 Å². The summed E-state index contributed by atoms with van der Waals surface area (Å²) in [5.74, 6) is 1.59. The van der Waals surface area contributed by atoms with Crippen molar-refractivity contribution in [1.29, 1.82) is 0 Å². The van der Waals surface area contributed by atoms with Gasteiger partial charge in [0.25, 0.3) is 0 Å². The Balaban J connectivity index is 2.11. The van der Waals surface area contributed by atoms with Gasteiger partial charge < -0.3 is 11.1 Å². The number of hydrogen-bond donors (Lipinski definition) is 2. The molecule has 1 fully saturated rings. The number of carbonyl (C=O) groups excluding carboxylic acids is 1. The maximum Gasteiger partial charge on any atom is 0.221 e. The van der Waals surface area contributed by atoms with Crippen LogP contribution in [0.3, 0.4) is 0 Å². The second kappa shape index (κ2) is 3.66. The molecule has 1 aliphatic carbocycles. The van der Waals surface area contributed by atoms with Gasteiger partial charge in [0.15, 0.2) is 0 Å². The van der Waals surface area contributed by atoms with E-state index in [0.717, 1.165) is 12.5 Å². The third-order valence-electron chi connectivity index (χ3n) is 2.45. The Morgan fingerprint density at radius 3 is 2.54 bits per heavy atom. The zero-order valence-electron chi connectivity index (χ0n) is 8.76. The van der Waals surface area contributed by atoms with Crippen molar-refractivity contribution in [1.82, 2.24) is 5.32 Å². The lowest BCUT2D eigenvalue weighted by atomic mass is 10.0. The number of nitrogens with one attached hydrogen (secondary N) is 1. The van der Waals surface area contributed by atoms with Crippen molar-refractivity contribution in [3.63, 3.8) is 0 Å². The highest BCUT2D eigenvalue weighted by molar-refractivity contribution is 5.77. The van der Waals surface area contributed by atoms with Gasteiger partial charge in [-0.1, -0.05) is 6.92 Å². The lowest BCUT2D eigenvalue weighted by Gasteiger charge is -2.17. The van der Waals surface area contributed by atoms with Crippen molar-refractivity contribution in [3.8, 4) is 0 Å². The molecule has 76 valence electrons. The molecule has 13 heavy (non-hydrogen) atoms. The summed E-state index contributed by atoms with van der Waals surface area (Å²) in [6.07, 6.45) is 1.67. The lowest BCUT2D eigenvalue weighted by molar-refractivity contribution is -0.122. The smallest absolute Gasteiger partial charge is 0.221 e. The van der Waals surface area contributed by atoms with Crippen molar-refractivity contribution >= 4 is 5.91 Å². The van der Waals surface area contributed by atoms with Gasteiger partial charge >= 0.3 is 0 Å². The molecule has 1 aliphatic rings. The third-order valence-corrected chi connectivity index (χ3v) is 2.45. The van der Waals surface area contributed by atoms with Crippen LogP contribution in [0.2, 0.25) is 0 Å². The molecule has 0 aromatic carbocycles. The Hall–Kier alpha value is -0.570. The van der Waals surface area contributed by atoms with Gasteiger partial charge in [0.2, 0.25) is 5.91 Å². The summed E-state index contributed by atoms with van der Waals surface area (Å²) in [4.78, 5) is 11.3. The monoisotopic (exact) mass is 184 g/mol. The molecule has 3 N–H and O–H groups in total. The predicted molar refractivity (Wildman–Crippen MR) is 53.2 cm³/mol. The van der Waals surface area contributed by atoms with Gasteiger partial charge in [-0.15, -0.1) is 0 Å². The van der Waals surface area contributed by atoms with Gasteiger partial charge in [0, 0.05) is 18.5 Å². The first-order valence-electron chi connectivity index (χ1n) is 4.94. The van der Waals surface area contributed by atoms with Crippen molar-refractivity contribution in [2.24, 2.45) is 17.6 Å². The minimum atomic E-state index is -0.390. The van der Waals surface area contributed by atoms with Crippen LogP contribution in [-0.2, 0) is 4.79 Å². The van der Waals surface area contributed by atoms with E-state index in [1.54, 1.807) is 0 Å². The van der Waals surface area contributed by atoms with Crippen molar-refractivity contribution in [2.45, 2.75) is 39.2 Å². The number of rotatable bonds is 4. The van der Waals surface area contributed by atoms with Crippen molar-refractivity contribution in [2.75, 3.05) is 6.54 Å². The van der Waals surface area contributed by atoms with Gasteiger partial charge in [0.1, 0.15) is 0 Å². The Kier molecular flexibility index (Phi) is 2.96. The number of nitrogens with two attached hydrogens (primary N) is 1. The van der Waals surface area contributed by atoms with E-state index < -0.39 is 0 Å². The molecule has 1 amide bonds.